The van der Waals surface area contributed by atoms with Gasteiger partial charge in [0.2, 0.25) is 0 Å². The molecule has 3 aliphatic carbocycles. The lowest BCUT2D eigenvalue weighted by Gasteiger charge is -2.23. The Hall–Kier alpha value is -1.24. The molecule has 32 heavy (non-hydrogen) atoms. The van der Waals surface area contributed by atoms with Gasteiger partial charge in [0.15, 0.2) is 5.78 Å². The van der Waals surface area contributed by atoms with Gasteiger partial charge in [0.05, 0.1) is 5.69 Å². The van der Waals surface area contributed by atoms with Crippen LogP contribution in [0.1, 0.15) is 88.3 Å². The van der Waals surface area contributed by atoms with E-state index in [4.69, 9.17) is 12.2 Å². The van der Waals surface area contributed by atoms with E-state index >= 15 is 0 Å². The normalized spacial score (nSPS) is 20.2. The average molecular weight is 486 g/mol. The van der Waals surface area contributed by atoms with Gasteiger partial charge in [-0.15, -0.1) is 11.3 Å². The molecule has 2 saturated carbocycles. The van der Waals surface area contributed by atoms with Crippen LogP contribution < -0.4 is 0 Å². The molecule has 0 aliphatic heterocycles. The van der Waals surface area contributed by atoms with Crippen molar-refractivity contribution in [3.63, 3.8) is 0 Å². The van der Waals surface area contributed by atoms with E-state index in [-0.39, 0.29) is 11.7 Å². The molecule has 6 heteroatoms. The number of aromatic nitrogens is 1. The second kappa shape index (κ2) is 9.55. The molecule has 0 spiro atoms. The SMILES string of the molecule is Cc1nscc1CC(=S)C[C@H]1CCc2sc(CC(=O)C3CC3)c(C(=O)CCC3CC3)c2C1. The highest BCUT2D eigenvalue weighted by molar-refractivity contribution is 7.80. The Morgan fingerprint density at radius 2 is 1.94 bits per heavy atom. The third kappa shape index (κ3) is 5.28. The summed E-state index contributed by atoms with van der Waals surface area (Å²) < 4.78 is 4.37. The summed E-state index contributed by atoms with van der Waals surface area (Å²) in [4.78, 5) is 29.5. The third-order valence-corrected chi connectivity index (χ3v) is 9.68. The Labute approximate surface area is 204 Å². The maximum absolute atomic E-state index is 13.3. The summed E-state index contributed by atoms with van der Waals surface area (Å²) in [7, 11) is 0. The zero-order chi connectivity index (χ0) is 22.2. The highest BCUT2D eigenvalue weighted by atomic mass is 32.1. The van der Waals surface area contributed by atoms with Crippen LogP contribution in [-0.2, 0) is 30.5 Å². The Balaban J connectivity index is 1.31. The van der Waals surface area contributed by atoms with Crippen LogP contribution in [0.15, 0.2) is 5.38 Å². The minimum Gasteiger partial charge on any atom is -0.299 e. The maximum Gasteiger partial charge on any atom is 0.164 e. The van der Waals surface area contributed by atoms with Gasteiger partial charge in [0, 0.05) is 45.9 Å². The van der Waals surface area contributed by atoms with Crippen LogP contribution in [0.3, 0.4) is 0 Å². The first-order chi connectivity index (χ1) is 15.5. The molecule has 0 N–H and O–H groups in total. The van der Waals surface area contributed by atoms with E-state index in [0.29, 0.717) is 24.5 Å². The van der Waals surface area contributed by atoms with E-state index in [1.165, 1.54) is 40.4 Å². The number of carbonyl (C=O) groups excluding carboxylic acids is 2. The second-order valence-corrected chi connectivity index (χ2v) is 12.5. The quantitative estimate of drug-likeness (QED) is 0.269. The first-order valence-corrected chi connectivity index (χ1v) is 14.1. The molecule has 2 aromatic rings. The third-order valence-electron chi connectivity index (χ3n) is 7.31. The zero-order valence-electron chi connectivity index (χ0n) is 18.8. The molecule has 0 unspecified atom stereocenters. The number of aryl methyl sites for hydroxylation is 2. The Morgan fingerprint density at radius 3 is 2.62 bits per heavy atom. The predicted octanol–water partition coefficient (Wildman–Crippen LogP) is 6.52. The first kappa shape index (κ1) is 22.5. The fourth-order valence-electron chi connectivity index (χ4n) is 5.00. The topological polar surface area (TPSA) is 47.0 Å². The fraction of sp³-hybridized carbons (Fsp3) is 0.615. The maximum atomic E-state index is 13.3. The van der Waals surface area contributed by atoms with Crippen molar-refractivity contribution in [2.45, 2.75) is 84.0 Å². The van der Waals surface area contributed by atoms with Crippen molar-refractivity contribution < 1.29 is 9.59 Å². The zero-order valence-corrected chi connectivity index (χ0v) is 21.2. The Bertz CT molecular complexity index is 1040. The molecule has 5 rings (SSSR count). The van der Waals surface area contributed by atoms with Crippen molar-refractivity contribution in [2.75, 3.05) is 0 Å². The molecule has 0 aromatic carbocycles. The smallest absolute Gasteiger partial charge is 0.164 e. The van der Waals surface area contributed by atoms with Crippen LogP contribution >= 0.6 is 35.1 Å². The number of Topliss-reactive ketones (excluding diaryl/α,β-unsaturated/α-hetero) is 2. The highest BCUT2D eigenvalue weighted by Gasteiger charge is 2.34. The monoisotopic (exact) mass is 485 g/mol. The summed E-state index contributed by atoms with van der Waals surface area (Å²) in [6.07, 6.45) is 11.6. The lowest BCUT2D eigenvalue weighted by Crippen LogP contribution is -2.19. The van der Waals surface area contributed by atoms with Crippen LogP contribution in [-0.4, -0.2) is 20.8 Å². The summed E-state index contributed by atoms with van der Waals surface area (Å²) in [6.45, 7) is 2.05. The van der Waals surface area contributed by atoms with Crippen LogP contribution in [0.2, 0.25) is 0 Å². The van der Waals surface area contributed by atoms with Crippen LogP contribution in [0.4, 0.5) is 0 Å². The average Bonchev–Trinajstić information content (AvgIpc) is 3.68. The van der Waals surface area contributed by atoms with Gasteiger partial charge in [-0.3, -0.25) is 9.59 Å². The van der Waals surface area contributed by atoms with E-state index in [9.17, 15) is 9.59 Å². The minimum absolute atomic E-state index is 0.253. The molecule has 0 radical (unpaired) electrons. The number of hydrogen-bond donors (Lipinski definition) is 0. The molecule has 170 valence electrons. The molecule has 3 aliphatic rings. The van der Waals surface area contributed by atoms with Gasteiger partial charge in [-0.25, -0.2) is 0 Å². The standard InChI is InChI=1S/C26H31NO2S3/c1-15-19(14-31-27-15)12-20(30)10-17-5-9-24-21(11-17)26(22(28)8-4-16-2-3-16)25(32-24)13-23(29)18-6-7-18/h14,16-18H,2-13H2,1H3/t17-/m1/s1. The number of rotatable bonds is 11. The molecule has 3 nitrogen and oxygen atoms in total. The number of hydrogen-bond acceptors (Lipinski definition) is 6. The van der Waals surface area contributed by atoms with Crippen LogP contribution in [0.25, 0.3) is 0 Å². The van der Waals surface area contributed by atoms with E-state index < -0.39 is 0 Å². The number of thiophene rings is 1. The number of thiocarbonyl (C=S) groups is 1. The molecule has 0 bridgehead atoms. The Morgan fingerprint density at radius 1 is 1.12 bits per heavy atom. The van der Waals surface area contributed by atoms with Crippen LogP contribution in [0.5, 0.6) is 0 Å². The van der Waals surface area contributed by atoms with Crippen molar-refractivity contribution in [3.8, 4) is 0 Å². The van der Waals surface area contributed by atoms with E-state index in [1.54, 1.807) is 11.3 Å². The molecule has 0 saturated heterocycles. The van der Waals surface area contributed by atoms with Crippen molar-refractivity contribution in [3.05, 3.63) is 37.5 Å². The van der Waals surface area contributed by atoms with Gasteiger partial charge >= 0.3 is 0 Å². The largest absolute Gasteiger partial charge is 0.299 e. The van der Waals surface area contributed by atoms with Crippen molar-refractivity contribution in [2.24, 2.45) is 17.8 Å². The predicted molar refractivity (Wildman–Crippen MR) is 135 cm³/mol. The summed E-state index contributed by atoms with van der Waals surface area (Å²) >= 11 is 9.03. The van der Waals surface area contributed by atoms with E-state index in [2.05, 4.69) is 16.7 Å². The van der Waals surface area contributed by atoms with Gasteiger partial charge in [-0.05, 0) is 91.2 Å². The first-order valence-electron chi connectivity index (χ1n) is 12.1. The van der Waals surface area contributed by atoms with Gasteiger partial charge in [0.1, 0.15) is 5.78 Å². The number of carbonyl (C=O) groups is 2. The molecule has 2 aromatic heterocycles. The lowest BCUT2D eigenvalue weighted by molar-refractivity contribution is -0.119. The molecular weight excluding hydrogens is 454 g/mol. The number of ketones is 2. The van der Waals surface area contributed by atoms with Crippen molar-refractivity contribution >= 4 is 51.5 Å². The molecule has 2 fully saturated rings. The van der Waals surface area contributed by atoms with E-state index in [1.807, 2.05) is 0 Å². The summed E-state index contributed by atoms with van der Waals surface area (Å²) in [6, 6.07) is 0. The Kier molecular flexibility index (Phi) is 6.73. The van der Waals surface area contributed by atoms with Crippen LogP contribution in [0, 0.1) is 24.7 Å². The molecule has 0 amide bonds. The fourth-order valence-corrected chi connectivity index (χ4v) is 7.48. The molecule has 2 heterocycles. The number of nitrogens with zero attached hydrogens (tertiary/aromatic N) is 1. The highest BCUT2D eigenvalue weighted by Crippen LogP contribution is 2.41. The van der Waals surface area contributed by atoms with Gasteiger partial charge < -0.3 is 0 Å². The van der Waals surface area contributed by atoms with Gasteiger partial charge in [0.25, 0.3) is 0 Å². The number of fused-ring (bicyclic) bond motifs is 1. The van der Waals surface area contributed by atoms with Gasteiger partial charge in [-0.2, -0.15) is 4.37 Å². The second-order valence-electron chi connectivity index (χ2n) is 10.1. The summed E-state index contributed by atoms with van der Waals surface area (Å²) in [5.41, 5.74) is 4.55. The molecular formula is C26H31NO2S3. The van der Waals surface area contributed by atoms with Gasteiger partial charge in [-0.1, -0.05) is 25.1 Å². The molecule has 1 atom stereocenters. The van der Waals surface area contributed by atoms with Crippen molar-refractivity contribution in [1.29, 1.82) is 0 Å². The summed E-state index contributed by atoms with van der Waals surface area (Å²) in [5, 5.41) is 2.11. The van der Waals surface area contributed by atoms with E-state index in [0.717, 1.165) is 78.3 Å². The minimum atomic E-state index is 0.253. The summed E-state index contributed by atoms with van der Waals surface area (Å²) in [5.74, 6) is 2.14. The lowest BCUT2D eigenvalue weighted by atomic mass is 9.81. The van der Waals surface area contributed by atoms with Crippen molar-refractivity contribution in [1.82, 2.24) is 4.37 Å².